The predicted molar refractivity (Wildman–Crippen MR) is 116 cm³/mol. The van der Waals surface area contributed by atoms with E-state index in [4.69, 9.17) is 16.3 Å². The minimum absolute atomic E-state index is 0.431. The van der Waals surface area contributed by atoms with Crippen LogP contribution in [0.25, 0.3) is 0 Å². The highest BCUT2D eigenvalue weighted by Gasteiger charge is 2.41. The van der Waals surface area contributed by atoms with E-state index in [2.05, 4.69) is 33.6 Å². The van der Waals surface area contributed by atoms with Crippen molar-refractivity contribution in [3.8, 4) is 5.75 Å². The number of nitrogens with zero attached hydrogens (tertiary/aromatic N) is 3. The highest BCUT2D eigenvalue weighted by molar-refractivity contribution is 6.30. The summed E-state index contributed by atoms with van der Waals surface area (Å²) < 4.78 is 6.45. The SMILES string of the molecule is Clc1cccc(COc2cccc(C3CC(N[N+]45C=CN=CC4=CN=C5)C3)c2)c1. The smallest absolute Gasteiger partial charge is 0.219 e. The van der Waals surface area contributed by atoms with Crippen molar-refractivity contribution < 1.29 is 9.33 Å². The van der Waals surface area contributed by atoms with Gasteiger partial charge in [-0.15, -0.1) is 10.0 Å². The fraction of sp³-hybridized carbons (Fsp3) is 0.217. The molecule has 29 heavy (non-hydrogen) atoms. The van der Waals surface area contributed by atoms with E-state index in [1.54, 1.807) is 0 Å². The average molecular weight is 406 g/mol. The first kappa shape index (κ1) is 18.3. The minimum Gasteiger partial charge on any atom is -0.489 e. The summed E-state index contributed by atoms with van der Waals surface area (Å²) in [5, 5.41) is 0.732. The van der Waals surface area contributed by atoms with Gasteiger partial charge in [-0.1, -0.05) is 35.9 Å². The first-order valence-electron chi connectivity index (χ1n) is 9.80. The molecule has 2 heterocycles. The van der Waals surface area contributed by atoms with Crippen molar-refractivity contribution in [3.05, 3.63) is 89.0 Å². The Kier molecular flexibility index (Phi) is 4.79. The summed E-state index contributed by atoms with van der Waals surface area (Å²) in [6, 6.07) is 16.6. The molecular weight excluding hydrogens is 384 g/mol. The lowest BCUT2D eigenvalue weighted by Gasteiger charge is -2.40. The molecular formula is C23H22ClN4O+. The maximum absolute atomic E-state index is 6.05. The molecule has 0 spiro atoms. The van der Waals surface area contributed by atoms with E-state index in [0.29, 0.717) is 23.2 Å². The number of hydrogen-bond acceptors (Lipinski definition) is 4. The summed E-state index contributed by atoms with van der Waals surface area (Å²) in [6.45, 7) is 0.515. The largest absolute Gasteiger partial charge is 0.489 e. The van der Waals surface area contributed by atoms with Gasteiger partial charge in [0.15, 0.2) is 5.70 Å². The van der Waals surface area contributed by atoms with E-state index in [9.17, 15) is 0 Å². The van der Waals surface area contributed by atoms with Crippen LogP contribution in [0.15, 0.2) is 82.8 Å². The van der Waals surface area contributed by atoms with Crippen LogP contribution < -0.4 is 10.2 Å². The van der Waals surface area contributed by atoms with Gasteiger partial charge in [-0.3, -0.25) is 4.99 Å². The number of quaternary nitrogens is 1. The molecule has 1 saturated carbocycles. The van der Waals surface area contributed by atoms with Crippen molar-refractivity contribution >= 4 is 24.2 Å². The van der Waals surface area contributed by atoms with Gasteiger partial charge in [0.05, 0.1) is 24.7 Å². The topological polar surface area (TPSA) is 46.0 Å². The molecule has 0 radical (unpaired) electrons. The van der Waals surface area contributed by atoms with Gasteiger partial charge < -0.3 is 4.74 Å². The monoisotopic (exact) mass is 405 g/mol. The molecule has 2 aliphatic heterocycles. The maximum Gasteiger partial charge on any atom is 0.219 e. The van der Waals surface area contributed by atoms with Crippen molar-refractivity contribution in [2.24, 2.45) is 9.98 Å². The molecule has 0 amide bonds. The van der Waals surface area contributed by atoms with Crippen molar-refractivity contribution in [2.75, 3.05) is 0 Å². The molecule has 0 bridgehead atoms. The fourth-order valence-electron chi connectivity index (χ4n) is 3.99. The summed E-state index contributed by atoms with van der Waals surface area (Å²) in [5.41, 5.74) is 7.14. The second-order valence-electron chi connectivity index (χ2n) is 7.66. The third-order valence-corrected chi connectivity index (χ3v) is 5.87. The minimum atomic E-state index is 0.431. The molecule has 2 aromatic rings. The van der Waals surface area contributed by atoms with Gasteiger partial charge in [0.1, 0.15) is 18.6 Å². The van der Waals surface area contributed by atoms with Gasteiger partial charge >= 0.3 is 0 Å². The predicted octanol–water partition coefficient (Wildman–Crippen LogP) is 4.93. The third-order valence-electron chi connectivity index (χ3n) is 5.64. The van der Waals surface area contributed by atoms with Crippen LogP contribution in [0.1, 0.15) is 29.9 Å². The zero-order valence-corrected chi connectivity index (χ0v) is 16.7. The number of allylic oxidation sites excluding steroid dienone is 1. The number of benzene rings is 2. The number of aliphatic imine (C=N–C) groups is 2. The summed E-state index contributed by atoms with van der Waals surface area (Å²) in [7, 11) is 0. The van der Waals surface area contributed by atoms with Crippen molar-refractivity contribution in [1.82, 2.24) is 5.43 Å². The second kappa shape index (κ2) is 7.59. The lowest BCUT2D eigenvalue weighted by Crippen LogP contribution is -2.58. The van der Waals surface area contributed by atoms with Gasteiger partial charge in [-0.2, -0.15) is 0 Å². The van der Waals surface area contributed by atoms with E-state index in [1.807, 2.05) is 61.5 Å². The van der Waals surface area contributed by atoms with Gasteiger partial charge in [0.2, 0.25) is 6.34 Å². The molecule has 1 atom stereocenters. The van der Waals surface area contributed by atoms with Crippen molar-refractivity contribution in [2.45, 2.75) is 31.4 Å². The van der Waals surface area contributed by atoms with Gasteiger partial charge in [0, 0.05) is 5.02 Å². The number of nitrogens with one attached hydrogen (secondary N) is 1. The molecule has 0 aromatic heterocycles. The third kappa shape index (κ3) is 3.77. The average Bonchev–Trinajstić information content (AvgIpc) is 3.13. The molecule has 0 saturated heterocycles. The Bertz CT molecular complexity index is 1040. The molecule has 1 fully saturated rings. The number of halogens is 1. The molecule has 146 valence electrons. The van der Waals surface area contributed by atoms with Crippen LogP contribution >= 0.6 is 11.6 Å². The summed E-state index contributed by atoms with van der Waals surface area (Å²) >= 11 is 6.05. The van der Waals surface area contributed by atoms with E-state index < -0.39 is 0 Å². The van der Waals surface area contributed by atoms with E-state index in [-0.39, 0.29) is 0 Å². The van der Waals surface area contributed by atoms with Crippen LogP contribution in [0.2, 0.25) is 5.02 Å². The van der Waals surface area contributed by atoms with Crippen LogP contribution in [0.4, 0.5) is 0 Å². The second-order valence-corrected chi connectivity index (χ2v) is 8.09. The molecule has 1 N–H and O–H groups in total. The van der Waals surface area contributed by atoms with Crippen molar-refractivity contribution in [1.29, 1.82) is 0 Å². The van der Waals surface area contributed by atoms with Crippen molar-refractivity contribution in [3.63, 3.8) is 0 Å². The molecule has 1 aliphatic carbocycles. The molecule has 5 nitrogen and oxygen atoms in total. The van der Waals surface area contributed by atoms with Crippen LogP contribution in [0.5, 0.6) is 5.75 Å². The summed E-state index contributed by atoms with van der Waals surface area (Å²) in [5.74, 6) is 1.43. The van der Waals surface area contributed by atoms with E-state index in [1.165, 1.54) is 5.56 Å². The molecule has 5 rings (SSSR count). The van der Waals surface area contributed by atoms with E-state index >= 15 is 0 Å². The van der Waals surface area contributed by atoms with Gasteiger partial charge in [0.25, 0.3) is 0 Å². The molecule has 3 aliphatic rings. The fourth-order valence-corrected chi connectivity index (χ4v) is 4.21. The molecule has 6 heteroatoms. The Balaban J connectivity index is 1.19. The zero-order chi connectivity index (χ0) is 19.7. The standard InChI is InChI=1S/C23H22ClN4O/c24-20-5-1-3-17(9-20)15-29-23-6-2-4-18(12-23)19-10-21(11-19)27-28-8-7-25-13-22(28)14-26-16-28/h1-9,12-14,16,19,21,27H,10-11,15H2/q+1. The first-order valence-corrected chi connectivity index (χ1v) is 10.2. The maximum atomic E-state index is 6.05. The normalized spacial score (nSPS) is 26.7. The lowest BCUT2D eigenvalue weighted by molar-refractivity contribution is -0.788. The Morgan fingerprint density at radius 3 is 2.90 bits per heavy atom. The molecule has 2 aromatic carbocycles. The van der Waals surface area contributed by atoms with Crippen LogP contribution in [0, 0.1) is 0 Å². The number of hydrogen-bond donors (Lipinski definition) is 1. The quantitative estimate of drug-likeness (QED) is 0.693. The Morgan fingerprint density at radius 2 is 2.00 bits per heavy atom. The highest BCUT2D eigenvalue weighted by atomic mass is 35.5. The van der Waals surface area contributed by atoms with Crippen LogP contribution in [-0.4, -0.2) is 23.2 Å². The summed E-state index contributed by atoms with van der Waals surface area (Å²) in [4.78, 5) is 8.51. The Labute approximate surface area is 175 Å². The van der Waals surface area contributed by atoms with Crippen LogP contribution in [0.3, 0.4) is 0 Å². The molecule has 1 unspecified atom stereocenters. The Morgan fingerprint density at radius 1 is 1.10 bits per heavy atom. The highest BCUT2D eigenvalue weighted by Crippen LogP contribution is 2.39. The van der Waals surface area contributed by atoms with Gasteiger partial charge in [-0.25, -0.2) is 4.99 Å². The Hall–Kier alpha value is -2.73. The lowest BCUT2D eigenvalue weighted by atomic mass is 9.76. The van der Waals surface area contributed by atoms with Crippen LogP contribution in [-0.2, 0) is 6.61 Å². The summed E-state index contributed by atoms with van der Waals surface area (Å²) in [6.07, 6.45) is 11.6. The number of fused-ring (bicyclic) bond motifs is 1. The first-order chi connectivity index (χ1) is 14.2. The number of rotatable bonds is 6. The number of ether oxygens (including phenoxy) is 1. The zero-order valence-electron chi connectivity index (χ0n) is 15.9. The van der Waals surface area contributed by atoms with Gasteiger partial charge in [-0.05, 0) is 54.2 Å². The van der Waals surface area contributed by atoms with E-state index in [0.717, 1.165) is 34.9 Å².